The third-order valence-corrected chi connectivity index (χ3v) is 5.39. The van der Waals surface area contributed by atoms with Crippen LogP contribution in [0.3, 0.4) is 0 Å². The summed E-state index contributed by atoms with van der Waals surface area (Å²) < 4.78 is 0. The van der Waals surface area contributed by atoms with Crippen molar-refractivity contribution in [2.24, 2.45) is 5.92 Å². The molecule has 0 atom stereocenters. The molecular formula is C26H28N3+. The van der Waals surface area contributed by atoms with Crippen molar-refractivity contribution in [2.75, 3.05) is 0 Å². The van der Waals surface area contributed by atoms with Gasteiger partial charge in [0.15, 0.2) is 0 Å². The average molecular weight is 383 g/mol. The van der Waals surface area contributed by atoms with E-state index in [1.54, 1.807) is 0 Å². The van der Waals surface area contributed by atoms with E-state index in [-0.39, 0.29) is 0 Å². The van der Waals surface area contributed by atoms with E-state index in [1.165, 1.54) is 11.1 Å². The summed E-state index contributed by atoms with van der Waals surface area (Å²) >= 11 is 0. The molecule has 0 aliphatic carbocycles. The molecule has 3 nitrogen and oxygen atoms in total. The van der Waals surface area contributed by atoms with E-state index in [0.29, 0.717) is 5.92 Å². The summed E-state index contributed by atoms with van der Waals surface area (Å²) in [5.74, 6) is 0.652. The summed E-state index contributed by atoms with van der Waals surface area (Å²) in [4.78, 5) is 9.80. The zero-order valence-electron chi connectivity index (χ0n) is 17.2. The van der Waals surface area contributed by atoms with E-state index in [1.807, 2.05) is 12.3 Å². The van der Waals surface area contributed by atoms with Crippen LogP contribution in [0.1, 0.15) is 31.5 Å². The number of rotatable bonds is 6. The van der Waals surface area contributed by atoms with Gasteiger partial charge in [-0.2, -0.15) is 0 Å². The van der Waals surface area contributed by atoms with E-state index in [2.05, 4.69) is 80.2 Å². The summed E-state index contributed by atoms with van der Waals surface area (Å²) in [5, 5.41) is 1.16. The number of aromatic nitrogens is 2. The largest absolute Gasteiger partial charge is 0.354 e. The minimum atomic E-state index is 0.652. The molecule has 3 heteroatoms. The molecule has 0 bridgehead atoms. The number of aryl methyl sites for hydroxylation is 1. The smallest absolute Gasteiger partial charge is 0.0997 e. The van der Waals surface area contributed by atoms with Gasteiger partial charge in [0.1, 0.15) is 0 Å². The minimum Gasteiger partial charge on any atom is -0.354 e. The van der Waals surface area contributed by atoms with Gasteiger partial charge in [-0.1, -0.05) is 68.4 Å². The second kappa shape index (κ2) is 8.54. The number of quaternary nitrogens is 1. The van der Waals surface area contributed by atoms with Crippen molar-refractivity contribution in [2.45, 2.75) is 33.2 Å². The molecule has 0 saturated heterocycles. The lowest BCUT2D eigenvalue weighted by Crippen LogP contribution is -2.47. The predicted molar refractivity (Wildman–Crippen MR) is 120 cm³/mol. The predicted octanol–water partition coefficient (Wildman–Crippen LogP) is 5.29. The topological polar surface area (TPSA) is 53.4 Å². The van der Waals surface area contributed by atoms with Gasteiger partial charge in [-0.15, -0.1) is 0 Å². The Hall–Kier alpha value is -3.04. The lowest BCUT2D eigenvalue weighted by Gasteiger charge is -2.14. The summed E-state index contributed by atoms with van der Waals surface area (Å²) in [6.07, 6.45) is 3.99. The molecule has 2 aromatic carbocycles. The number of hydrogen-bond donors (Lipinski definition) is 1. The van der Waals surface area contributed by atoms with Gasteiger partial charge in [-0.25, -0.2) is 4.98 Å². The van der Waals surface area contributed by atoms with Crippen molar-refractivity contribution < 1.29 is 5.73 Å². The molecule has 146 valence electrons. The Morgan fingerprint density at radius 3 is 2.34 bits per heavy atom. The van der Waals surface area contributed by atoms with E-state index in [9.17, 15) is 0 Å². The molecule has 3 N–H and O–H groups in total. The van der Waals surface area contributed by atoms with Crippen LogP contribution in [0.5, 0.6) is 0 Å². The molecule has 0 spiro atoms. The van der Waals surface area contributed by atoms with E-state index in [4.69, 9.17) is 9.97 Å². The number of nitrogens with zero attached hydrogens (tertiary/aromatic N) is 2. The number of benzene rings is 2. The third-order valence-electron chi connectivity index (χ3n) is 5.39. The third kappa shape index (κ3) is 4.20. The van der Waals surface area contributed by atoms with Crippen LogP contribution in [0, 0.1) is 5.92 Å². The highest BCUT2D eigenvalue weighted by Crippen LogP contribution is 2.34. The molecule has 0 aliphatic rings. The van der Waals surface area contributed by atoms with Crippen LogP contribution in [-0.4, -0.2) is 9.97 Å². The monoisotopic (exact) mass is 382 g/mol. The Morgan fingerprint density at radius 2 is 1.66 bits per heavy atom. The average Bonchev–Trinajstić information content (AvgIpc) is 2.77. The molecule has 2 aromatic heterocycles. The quantitative estimate of drug-likeness (QED) is 0.492. The maximum absolute atomic E-state index is 5.11. The van der Waals surface area contributed by atoms with Crippen LogP contribution in [-0.2, 0) is 13.0 Å². The molecule has 4 aromatic rings. The van der Waals surface area contributed by atoms with Crippen LogP contribution < -0.4 is 5.73 Å². The van der Waals surface area contributed by atoms with Crippen molar-refractivity contribution in [1.82, 2.24) is 9.97 Å². The Morgan fingerprint density at radius 1 is 0.897 bits per heavy atom. The van der Waals surface area contributed by atoms with Gasteiger partial charge in [0.05, 0.1) is 17.8 Å². The van der Waals surface area contributed by atoms with E-state index < -0.39 is 0 Å². The van der Waals surface area contributed by atoms with Gasteiger partial charge in [0.25, 0.3) is 0 Å². The van der Waals surface area contributed by atoms with Gasteiger partial charge in [0.2, 0.25) is 0 Å². The number of hydrogen-bond acceptors (Lipinski definition) is 2. The van der Waals surface area contributed by atoms with Crippen LogP contribution >= 0.6 is 0 Å². The maximum Gasteiger partial charge on any atom is 0.0997 e. The van der Waals surface area contributed by atoms with E-state index in [0.717, 1.165) is 52.8 Å². The van der Waals surface area contributed by atoms with Gasteiger partial charge in [0, 0.05) is 34.0 Å². The first kappa shape index (κ1) is 19.3. The zero-order chi connectivity index (χ0) is 20.2. The first-order valence-electron chi connectivity index (χ1n) is 10.4. The Bertz CT molecular complexity index is 1100. The summed E-state index contributed by atoms with van der Waals surface area (Å²) in [7, 11) is 0. The summed E-state index contributed by atoms with van der Waals surface area (Å²) in [6, 6.07) is 23.4. The molecular weight excluding hydrogens is 354 g/mol. The van der Waals surface area contributed by atoms with Crippen molar-refractivity contribution in [3.63, 3.8) is 0 Å². The fourth-order valence-electron chi connectivity index (χ4n) is 3.66. The second-order valence-electron chi connectivity index (χ2n) is 7.95. The van der Waals surface area contributed by atoms with Crippen LogP contribution in [0.25, 0.3) is 33.3 Å². The number of fused-ring (bicyclic) bond motifs is 1. The van der Waals surface area contributed by atoms with E-state index >= 15 is 0 Å². The first-order valence-corrected chi connectivity index (χ1v) is 10.4. The molecule has 29 heavy (non-hydrogen) atoms. The standard InChI is InChI=1S/C26H27N3/c1-18(2)8-13-24-23-16-22(20-6-4-3-5-7-20)26(29-25(23)14-15-28-24)21-11-9-19(17-27)10-12-21/h3-7,9-12,14-16,18H,8,13,17,27H2,1-2H3/p+1. The molecule has 0 radical (unpaired) electrons. The van der Waals surface area contributed by atoms with Crippen molar-refractivity contribution in [1.29, 1.82) is 0 Å². The fraction of sp³-hybridized carbons (Fsp3) is 0.231. The highest BCUT2D eigenvalue weighted by Gasteiger charge is 2.14. The normalized spacial score (nSPS) is 11.3. The summed E-state index contributed by atoms with van der Waals surface area (Å²) in [5.41, 5.74) is 11.8. The lowest BCUT2D eigenvalue weighted by molar-refractivity contribution is -0.386. The SMILES string of the molecule is CC(C)CCc1nccc2nc(-c3ccc(C[NH3+])cc3)c(-c3ccccc3)cc12. The van der Waals surface area contributed by atoms with Gasteiger partial charge in [-0.3, -0.25) is 4.98 Å². The van der Waals surface area contributed by atoms with Gasteiger partial charge >= 0.3 is 0 Å². The summed E-state index contributed by atoms with van der Waals surface area (Å²) in [6.45, 7) is 5.31. The zero-order valence-corrected chi connectivity index (χ0v) is 17.2. The highest BCUT2D eigenvalue weighted by molar-refractivity contribution is 5.92. The van der Waals surface area contributed by atoms with Crippen molar-refractivity contribution >= 4 is 10.9 Å². The van der Waals surface area contributed by atoms with Gasteiger partial charge < -0.3 is 5.73 Å². The molecule has 0 fully saturated rings. The van der Waals surface area contributed by atoms with Crippen molar-refractivity contribution in [3.8, 4) is 22.4 Å². The van der Waals surface area contributed by atoms with Crippen LogP contribution in [0.2, 0.25) is 0 Å². The fourth-order valence-corrected chi connectivity index (χ4v) is 3.66. The Labute approximate surface area is 172 Å². The van der Waals surface area contributed by atoms with Crippen LogP contribution in [0.4, 0.5) is 0 Å². The highest BCUT2D eigenvalue weighted by atomic mass is 14.7. The molecule has 4 rings (SSSR count). The second-order valence-corrected chi connectivity index (χ2v) is 7.95. The Balaban J connectivity index is 1.91. The first-order chi connectivity index (χ1) is 14.2. The van der Waals surface area contributed by atoms with Crippen molar-refractivity contribution in [3.05, 3.63) is 84.2 Å². The van der Waals surface area contributed by atoms with Gasteiger partial charge in [-0.05, 0) is 36.5 Å². The maximum atomic E-state index is 5.11. The Kier molecular flexibility index (Phi) is 5.68. The molecule has 0 aliphatic heterocycles. The lowest BCUT2D eigenvalue weighted by atomic mass is 9.95. The molecule has 0 unspecified atom stereocenters. The number of pyridine rings is 2. The molecule has 2 heterocycles. The molecule has 0 saturated carbocycles. The van der Waals surface area contributed by atoms with Crippen LogP contribution in [0.15, 0.2) is 72.9 Å². The molecule has 0 amide bonds. The minimum absolute atomic E-state index is 0.652.